The van der Waals surface area contributed by atoms with Crippen molar-refractivity contribution in [1.29, 1.82) is 0 Å². The first-order valence-corrected chi connectivity index (χ1v) is 10.2. The Morgan fingerprint density at radius 3 is 2.52 bits per heavy atom. The lowest BCUT2D eigenvalue weighted by Crippen LogP contribution is -2.48. The average Bonchev–Trinajstić information content (AvgIpc) is 3.15. The maximum atomic E-state index is 14.2. The van der Waals surface area contributed by atoms with Crippen molar-refractivity contribution in [2.75, 3.05) is 0 Å². The van der Waals surface area contributed by atoms with Gasteiger partial charge >= 0.3 is 0 Å². The van der Waals surface area contributed by atoms with E-state index in [-0.39, 0.29) is 5.41 Å². The van der Waals surface area contributed by atoms with Crippen molar-refractivity contribution in [1.82, 2.24) is 14.4 Å². The van der Waals surface area contributed by atoms with Crippen LogP contribution in [0.15, 0.2) is 29.9 Å². The van der Waals surface area contributed by atoms with E-state index in [1.54, 1.807) is 23.5 Å². The number of fused-ring (bicyclic) bond motifs is 1. The zero-order chi connectivity index (χ0) is 16.6. The van der Waals surface area contributed by atoms with Gasteiger partial charge in [0.2, 0.25) is 5.95 Å². The van der Waals surface area contributed by atoms with Crippen LogP contribution in [0.4, 0.5) is 4.39 Å². The molecule has 0 unspecified atom stereocenters. The first-order chi connectivity index (χ1) is 12.2. The summed E-state index contributed by atoms with van der Waals surface area (Å²) in [7, 11) is 0. The molecule has 0 N–H and O–H groups in total. The second-order valence-electron chi connectivity index (χ2n) is 8.44. The summed E-state index contributed by atoms with van der Waals surface area (Å²) >= 11 is 1.60. The summed E-state index contributed by atoms with van der Waals surface area (Å²) in [6.07, 6.45) is 11.9. The fraction of sp³-hybridized carbons (Fsp3) is 0.500. The smallest absolute Gasteiger partial charge is 0.222 e. The highest BCUT2D eigenvalue weighted by Gasteiger charge is 2.52. The van der Waals surface area contributed by atoms with E-state index >= 15 is 0 Å². The maximum Gasteiger partial charge on any atom is 0.222 e. The van der Waals surface area contributed by atoms with Crippen LogP contribution in [0.25, 0.3) is 16.2 Å². The van der Waals surface area contributed by atoms with Crippen molar-refractivity contribution in [3.63, 3.8) is 0 Å². The number of imidazole rings is 1. The number of nitrogens with zero attached hydrogens (tertiary/aromatic N) is 3. The molecule has 3 nitrogen and oxygen atoms in total. The maximum absolute atomic E-state index is 14.2. The summed E-state index contributed by atoms with van der Waals surface area (Å²) in [4.78, 5) is 9.80. The number of aromatic nitrogens is 3. The Morgan fingerprint density at radius 1 is 1.12 bits per heavy atom. The van der Waals surface area contributed by atoms with E-state index in [4.69, 9.17) is 4.98 Å². The first-order valence-electron chi connectivity index (χ1n) is 9.28. The molecule has 5 heteroatoms. The van der Waals surface area contributed by atoms with Gasteiger partial charge in [-0.2, -0.15) is 4.39 Å². The summed E-state index contributed by atoms with van der Waals surface area (Å²) in [5.74, 6) is 2.30. The van der Waals surface area contributed by atoms with Crippen molar-refractivity contribution in [2.24, 2.45) is 17.8 Å². The highest BCUT2D eigenvalue weighted by atomic mass is 32.1. The second kappa shape index (κ2) is 4.91. The Morgan fingerprint density at radius 2 is 1.84 bits per heavy atom. The van der Waals surface area contributed by atoms with Gasteiger partial charge < -0.3 is 0 Å². The molecule has 4 aliphatic rings. The fourth-order valence-electron chi connectivity index (χ4n) is 6.23. The number of pyridine rings is 1. The Bertz CT molecular complexity index is 937. The Hall–Kier alpha value is -1.75. The average molecular weight is 353 g/mol. The van der Waals surface area contributed by atoms with Crippen LogP contribution >= 0.6 is 11.3 Å². The molecule has 0 radical (unpaired) electrons. The lowest BCUT2D eigenvalue weighted by Gasteiger charge is -2.56. The first kappa shape index (κ1) is 14.4. The molecule has 0 saturated heterocycles. The monoisotopic (exact) mass is 353 g/mol. The van der Waals surface area contributed by atoms with Gasteiger partial charge in [0.05, 0.1) is 17.0 Å². The van der Waals surface area contributed by atoms with Crippen LogP contribution in [0.2, 0.25) is 0 Å². The highest BCUT2D eigenvalue weighted by molar-refractivity contribution is 7.15. The third-order valence-electron chi connectivity index (χ3n) is 6.83. The van der Waals surface area contributed by atoms with Gasteiger partial charge in [0.25, 0.3) is 0 Å². The fourth-order valence-corrected chi connectivity index (χ4v) is 7.11. The molecule has 4 saturated carbocycles. The number of rotatable bonds is 2. The Labute approximate surface area is 149 Å². The molecule has 3 aromatic heterocycles. The quantitative estimate of drug-likeness (QED) is 0.603. The minimum Gasteiger partial charge on any atom is -0.290 e. The van der Waals surface area contributed by atoms with Gasteiger partial charge in [-0.25, -0.2) is 9.97 Å². The normalized spacial score (nSPS) is 33.4. The lowest BCUT2D eigenvalue weighted by atomic mass is 9.49. The molecule has 0 aliphatic heterocycles. The topological polar surface area (TPSA) is 30.2 Å². The van der Waals surface area contributed by atoms with Crippen molar-refractivity contribution >= 4 is 16.3 Å². The SMILES string of the molecule is Fc1ncccc1-c1csc2nc(C34CC5CC(CC(C5)C3)C4)cn12. The van der Waals surface area contributed by atoms with Gasteiger partial charge in [-0.3, -0.25) is 4.40 Å². The van der Waals surface area contributed by atoms with Crippen LogP contribution in [0.5, 0.6) is 0 Å². The molecule has 0 aromatic carbocycles. The molecule has 0 atom stereocenters. The highest BCUT2D eigenvalue weighted by Crippen LogP contribution is 2.60. The van der Waals surface area contributed by atoms with Gasteiger partial charge in [0, 0.05) is 23.2 Å². The number of hydrogen-bond acceptors (Lipinski definition) is 3. The number of hydrogen-bond donors (Lipinski definition) is 0. The summed E-state index contributed by atoms with van der Waals surface area (Å²) in [6, 6.07) is 3.59. The van der Waals surface area contributed by atoms with Crippen molar-refractivity contribution in [2.45, 2.75) is 43.9 Å². The predicted octanol–water partition coefficient (Wildman–Crippen LogP) is 5.06. The van der Waals surface area contributed by atoms with Gasteiger partial charge in [-0.15, -0.1) is 11.3 Å². The molecule has 4 bridgehead atoms. The molecule has 128 valence electrons. The third-order valence-corrected chi connectivity index (χ3v) is 7.67. The van der Waals surface area contributed by atoms with E-state index in [1.807, 2.05) is 5.38 Å². The Balaban J connectivity index is 1.47. The molecule has 7 rings (SSSR count). The molecule has 4 fully saturated rings. The molecule has 25 heavy (non-hydrogen) atoms. The van der Waals surface area contributed by atoms with Gasteiger partial charge in [0.1, 0.15) is 0 Å². The molecular weight excluding hydrogens is 333 g/mol. The second-order valence-corrected chi connectivity index (χ2v) is 9.28. The van der Waals surface area contributed by atoms with E-state index in [0.717, 1.165) is 28.4 Å². The van der Waals surface area contributed by atoms with Crippen LogP contribution in [0, 0.1) is 23.7 Å². The van der Waals surface area contributed by atoms with Crippen LogP contribution in [-0.4, -0.2) is 14.4 Å². The summed E-state index contributed by atoms with van der Waals surface area (Å²) in [5.41, 5.74) is 2.96. The van der Waals surface area contributed by atoms with E-state index in [2.05, 4.69) is 15.6 Å². The summed E-state index contributed by atoms with van der Waals surface area (Å²) in [6.45, 7) is 0. The minimum atomic E-state index is -0.410. The molecular formula is C20H20FN3S. The molecule has 3 heterocycles. The zero-order valence-electron chi connectivity index (χ0n) is 14.0. The van der Waals surface area contributed by atoms with Crippen LogP contribution in [-0.2, 0) is 5.41 Å². The van der Waals surface area contributed by atoms with Crippen molar-refractivity contribution in [3.8, 4) is 11.3 Å². The molecule has 3 aromatic rings. The molecule has 0 spiro atoms. The van der Waals surface area contributed by atoms with Gasteiger partial charge in [-0.05, 0) is 68.4 Å². The van der Waals surface area contributed by atoms with Gasteiger partial charge in [-0.1, -0.05) is 0 Å². The van der Waals surface area contributed by atoms with E-state index in [9.17, 15) is 4.39 Å². The zero-order valence-corrected chi connectivity index (χ0v) is 14.8. The summed E-state index contributed by atoms with van der Waals surface area (Å²) < 4.78 is 16.2. The molecule has 0 amide bonds. The standard InChI is InChI=1S/C20H20FN3S/c21-18-15(2-1-3-22-18)16-11-25-19-23-17(10-24(16)19)20-7-12-4-13(8-20)6-14(5-12)9-20/h1-3,10-14H,4-9H2. The summed E-state index contributed by atoms with van der Waals surface area (Å²) in [5, 5.41) is 1.99. The lowest BCUT2D eigenvalue weighted by molar-refractivity contribution is -0.00696. The van der Waals surface area contributed by atoms with Crippen LogP contribution in [0.1, 0.15) is 44.2 Å². The Kier molecular flexibility index (Phi) is 2.83. The van der Waals surface area contributed by atoms with Crippen molar-refractivity contribution in [3.05, 3.63) is 41.5 Å². The van der Waals surface area contributed by atoms with Crippen LogP contribution in [0.3, 0.4) is 0 Å². The van der Waals surface area contributed by atoms with Gasteiger partial charge in [0.15, 0.2) is 4.96 Å². The van der Waals surface area contributed by atoms with E-state index in [1.165, 1.54) is 50.4 Å². The minimum absolute atomic E-state index is 0.283. The molecule has 4 aliphatic carbocycles. The number of halogens is 1. The van der Waals surface area contributed by atoms with Crippen LogP contribution < -0.4 is 0 Å². The largest absolute Gasteiger partial charge is 0.290 e. The van der Waals surface area contributed by atoms with E-state index in [0.29, 0.717) is 5.56 Å². The van der Waals surface area contributed by atoms with Crippen molar-refractivity contribution < 1.29 is 4.39 Å². The third kappa shape index (κ3) is 2.02. The predicted molar refractivity (Wildman–Crippen MR) is 96.1 cm³/mol. The van der Waals surface area contributed by atoms with E-state index < -0.39 is 5.95 Å². The number of thiazole rings is 1.